The van der Waals surface area contributed by atoms with E-state index < -0.39 is 15.8 Å². The zero-order chi connectivity index (χ0) is 10.8. The third-order valence-electron chi connectivity index (χ3n) is 1.22. The van der Waals surface area contributed by atoms with Gasteiger partial charge in [-0.3, -0.25) is 4.72 Å². The fraction of sp³-hybridized carbons (Fsp3) is 0.167. The summed E-state index contributed by atoms with van der Waals surface area (Å²) in [6.07, 6.45) is 1.29. The molecule has 0 saturated carbocycles. The van der Waals surface area contributed by atoms with Gasteiger partial charge in [-0.15, -0.1) is 0 Å². The van der Waals surface area contributed by atoms with Crippen LogP contribution >= 0.6 is 15.9 Å². The summed E-state index contributed by atoms with van der Waals surface area (Å²) in [5.41, 5.74) is 0.0344. The average molecular weight is 287 g/mol. The molecule has 8 heteroatoms. The highest BCUT2D eigenvalue weighted by Crippen LogP contribution is 2.16. The monoisotopic (exact) mass is 286 g/mol. The lowest BCUT2D eigenvalue weighted by atomic mass is 10.4. The zero-order valence-electron chi connectivity index (χ0n) is 6.62. The van der Waals surface area contributed by atoms with Crippen molar-refractivity contribution in [2.75, 3.05) is 4.72 Å². The van der Waals surface area contributed by atoms with Gasteiger partial charge in [0.1, 0.15) is 4.60 Å². The molecule has 4 nitrogen and oxygen atoms in total. The molecule has 14 heavy (non-hydrogen) atoms. The highest BCUT2D eigenvalue weighted by molar-refractivity contribution is 9.10. The number of aromatic nitrogens is 1. The van der Waals surface area contributed by atoms with Crippen molar-refractivity contribution in [3.8, 4) is 0 Å². The van der Waals surface area contributed by atoms with Crippen LogP contribution in [0, 0.1) is 0 Å². The van der Waals surface area contributed by atoms with Crippen LogP contribution in [0.5, 0.6) is 0 Å². The number of sulfonamides is 1. The average Bonchev–Trinajstić information content (AvgIpc) is 2.02. The maximum atomic E-state index is 11.9. The molecule has 1 rings (SSSR count). The molecule has 78 valence electrons. The summed E-state index contributed by atoms with van der Waals surface area (Å²) < 4.78 is 47.3. The van der Waals surface area contributed by atoms with Crippen LogP contribution < -0.4 is 4.72 Å². The molecule has 0 atom stereocenters. The third kappa shape index (κ3) is 2.88. The molecule has 0 aliphatic rings. The summed E-state index contributed by atoms with van der Waals surface area (Å²) in [5.74, 6) is -3.45. The van der Waals surface area contributed by atoms with E-state index in [1.54, 1.807) is 4.72 Å². The van der Waals surface area contributed by atoms with E-state index in [9.17, 15) is 17.2 Å². The molecular formula is C6H5BrF2N2O2S. The van der Waals surface area contributed by atoms with Gasteiger partial charge in [-0.05, 0) is 28.1 Å². The first-order valence-electron chi connectivity index (χ1n) is 3.33. The van der Waals surface area contributed by atoms with Gasteiger partial charge in [0.25, 0.3) is 10.0 Å². The van der Waals surface area contributed by atoms with E-state index >= 15 is 0 Å². The fourth-order valence-electron chi connectivity index (χ4n) is 0.675. The molecule has 0 amide bonds. The summed E-state index contributed by atoms with van der Waals surface area (Å²) in [6.45, 7) is 0. The minimum atomic E-state index is -4.60. The Kier molecular flexibility index (Phi) is 3.38. The van der Waals surface area contributed by atoms with Gasteiger partial charge in [-0.1, -0.05) is 0 Å². The highest BCUT2D eigenvalue weighted by atomic mass is 79.9. The van der Waals surface area contributed by atoms with Gasteiger partial charge >= 0.3 is 5.76 Å². The fourth-order valence-corrected chi connectivity index (χ4v) is 1.58. The molecule has 1 aromatic rings. The molecule has 0 spiro atoms. The molecule has 0 fully saturated rings. The van der Waals surface area contributed by atoms with Crippen LogP contribution in [0.2, 0.25) is 0 Å². The van der Waals surface area contributed by atoms with E-state index in [0.29, 0.717) is 4.60 Å². The van der Waals surface area contributed by atoms with Crippen molar-refractivity contribution < 1.29 is 17.2 Å². The highest BCUT2D eigenvalue weighted by Gasteiger charge is 2.23. The first-order valence-corrected chi connectivity index (χ1v) is 5.67. The van der Waals surface area contributed by atoms with Crippen LogP contribution in [-0.4, -0.2) is 19.2 Å². The minimum Gasteiger partial charge on any atom is -0.279 e. The first-order chi connectivity index (χ1) is 6.42. The Balaban J connectivity index is 2.90. The van der Waals surface area contributed by atoms with Crippen LogP contribution in [0.15, 0.2) is 22.9 Å². The molecule has 0 unspecified atom stereocenters. The number of alkyl halides is 2. The summed E-state index contributed by atoms with van der Waals surface area (Å²) >= 11 is 2.97. The first kappa shape index (κ1) is 11.3. The van der Waals surface area contributed by atoms with Crippen molar-refractivity contribution in [2.45, 2.75) is 5.76 Å². The number of nitrogens with one attached hydrogen (secondary N) is 1. The number of hydrogen-bond donors (Lipinski definition) is 1. The smallest absolute Gasteiger partial charge is 0.279 e. The van der Waals surface area contributed by atoms with Crippen LogP contribution in [0.3, 0.4) is 0 Å². The van der Waals surface area contributed by atoms with Crippen molar-refractivity contribution in [3.05, 3.63) is 22.9 Å². The predicted molar refractivity (Wildman–Crippen MR) is 50.5 cm³/mol. The molecule has 1 heterocycles. The molecule has 0 aliphatic heterocycles. The lowest BCUT2D eigenvalue weighted by Crippen LogP contribution is -2.20. The van der Waals surface area contributed by atoms with Crippen molar-refractivity contribution in [3.63, 3.8) is 0 Å². The standard InChI is InChI=1S/C6H5BrF2N2O2S/c7-5-3-4(1-2-10-5)11-14(12,13)6(8)9/h1-3,6H,(H,10,11). The van der Waals surface area contributed by atoms with E-state index in [0.717, 1.165) is 0 Å². The van der Waals surface area contributed by atoms with Gasteiger partial charge in [-0.25, -0.2) is 13.4 Å². The topological polar surface area (TPSA) is 59.1 Å². The molecule has 1 aromatic heterocycles. The maximum absolute atomic E-state index is 11.9. The maximum Gasteiger partial charge on any atom is 0.355 e. The second kappa shape index (κ2) is 4.18. The van der Waals surface area contributed by atoms with Crippen LogP contribution in [0.4, 0.5) is 14.5 Å². The van der Waals surface area contributed by atoms with E-state index in [2.05, 4.69) is 20.9 Å². The van der Waals surface area contributed by atoms with Gasteiger partial charge in [0.2, 0.25) is 0 Å². The summed E-state index contributed by atoms with van der Waals surface area (Å²) in [7, 11) is -4.60. The van der Waals surface area contributed by atoms with E-state index in [1.165, 1.54) is 18.3 Å². The summed E-state index contributed by atoms with van der Waals surface area (Å²) in [6, 6.07) is 2.55. The Morgan fingerprint density at radius 3 is 2.64 bits per heavy atom. The molecule has 0 bridgehead atoms. The number of halogens is 3. The van der Waals surface area contributed by atoms with Gasteiger partial charge in [0.15, 0.2) is 0 Å². The second-order valence-electron chi connectivity index (χ2n) is 2.27. The molecule has 0 aliphatic carbocycles. The van der Waals surface area contributed by atoms with Gasteiger partial charge in [0, 0.05) is 6.20 Å². The predicted octanol–water partition coefficient (Wildman–Crippen LogP) is 1.81. The third-order valence-corrected chi connectivity index (χ3v) is 2.64. The molecular weight excluding hydrogens is 282 g/mol. The number of hydrogen-bond acceptors (Lipinski definition) is 3. The zero-order valence-corrected chi connectivity index (χ0v) is 9.02. The van der Waals surface area contributed by atoms with Gasteiger partial charge in [0.05, 0.1) is 5.69 Å². The van der Waals surface area contributed by atoms with Crippen LogP contribution in [-0.2, 0) is 10.0 Å². The summed E-state index contributed by atoms with van der Waals surface area (Å²) in [5, 5.41) is 0. The lowest BCUT2D eigenvalue weighted by molar-refractivity contribution is 0.236. The minimum absolute atomic E-state index is 0.0344. The summed E-state index contributed by atoms with van der Waals surface area (Å²) in [4.78, 5) is 3.71. The van der Waals surface area contributed by atoms with Gasteiger partial charge in [-0.2, -0.15) is 8.78 Å². The van der Waals surface area contributed by atoms with Crippen molar-refractivity contribution in [1.29, 1.82) is 0 Å². The molecule has 0 aromatic carbocycles. The number of rotatable bonds is 3. The second-order valence-corrected chi connectivity index (χ2v) is 4.74. The largest absolute Gasteiger partial charge is 0.355 e. The Morgan fingerprint density at radius 1 is 1.50 bits per heavy atom. The molecule has 1 N–H and O–H groups in total. The van der Waals surface area contributed by atoms with Gasteiger partial charge < -0.3 is 0 Å². The van der Waals surface area contributed by atoms with Crippen LogP contribution in [0.25, 0.3) is 0 Å². The number of nitrogens with zero attached hydrogens (tertiary/aromatic N) is 1. The Hall–Kier alpha value is -0.760. The Morgan fingerprint density at radius 2 is 2.14 bits per heavy atom. The Labute approximate surface area is 87.5 Å². The van der Waals surface area contributed by atoms with Crippen molar-refractivity contribution >= 4 is 31.6 Å². The number of pyridine rings is 1. The lowest BCUT2D eigenvalue weighted by Gasteiger charge is -2.06. The SMILES string of the molecule is O=S(=O)(Nc1ccnc(Br)c1)C(F)F. The van der Waals surface area contributed by atoms with E-state index in [4.69, 9.17) is 0 Å². The molecule has 0 saturated heterocycles. The Bertz CT molecular complexity index is 424. The normalized spacial score (nSPS) is 11.7. The van der Waals surface area contributed by atoms with Crippen LogP contribution in [0.1, 0.15) is 0 Å². The van der Waals surface area contributed by atoms with Crippen molar-refractivity contribution in [2.24, 2.45) is 0 Å². The molecule has 0 radical (unpaired) electrons. The van der Waals surface area contributed by atoms with E-state index in [1.807, 2.05) is 0 Å². The van der Waals surface area contributed by atoms with E-state index in [-0.39, 0.29) is 5.69 Å². The quantitative estimate of drug-likeness (QED) is 0.862. The van der Waals surface area contributed by atoms with Crippen molar-refractivity contribution in [1.82, 2.24) is 4.98 Å². The number of anilines is 1.